The van der Waals surface area contributed by atoms with E-state index in [4.69, 9.17) is 15.2 Å². The molecule has 3 N–H and O–H groups in total. The van der Waals surface area contributed by atoms with Crippen molar-refractivity contribution >= 4 is 17.6 Å². The molecule has 2 aliphatic heterocycles. The van der Waals surface area contributed by atoms with Crippen molar-refractivity contribution in [3.63, 3.8) is 0 Å². The minimum absolute atomic E-state index is 0.0467. The van der Waals surface area contributed by atoms with E-state index in [0.717, 1.165) is 23.5 Å². The Bertz CT molecular complexity index is 1010. The average Bonchev–Trinajstić information content (AvgIpc) is 3.22. The standard InChI is InChI=1S/C18H16FN3O5/c19-11-4-1-5-12(15(11)27-8-9-3-2-6-26-9)22-13(23)7-10-14(16(22)20)18(25)21-17(10)24/h1,4-5,7,9H,2-3,6,8,20H2,(H,21,24,25). The van der Waals surface area contributed by atoms with Crippen LogP contribution in [-0.4, -0.2) is 35.7 Å². The maximum atomic E-state index is 14.4. The SMILES string of the molecule is Nc1c2c(cc(=O)n1-c1cccc(F)c1OCC1CCCO1)C(=O)NC2=O. The Labute approximate surface area is 152 Å². The highest BCUT2D eigenvalue weighted by molar-refractivity contribution is 6.23. The summed E-state index contributed by atoms with van der Waals surface area (Å²) in [6, 6.07) is 5.04. The van der Waals surface area contributed by atoms with Gasteiger partial charge in [0.2, 0.25) is 0 Å². The third-order valence-electron chi connectivity index (χ3n) is 4.58. The number of nitrogen functional groups attached to an aromatic ring is 1. The molecule has 2 aliphatic rings. The fourth-order valence-corrected chi connectivity index (χ4v) is 3.30. The molecule has 2 aromatic rings. The molecule has 1 atom stereocenters. The van der Waals surface area contributed by atoms with Gasteiger partial charge in [-0.15, -0.1) is 0 Å². The van der Waals surface area contributed by atoms with Gasteiger partial charge >= 0.3 is 0 Å². The monoisotopic (exact) mass is 373 g/mol. The molecule has 1 aromatic carbocycles. The molecular formula is C18H16FN3O5. The van der Waals surface area contributed by atoms with Crippen LogP contribution in [0.2, 0.25) is 0 Å². The molecule has 1 fully saturated rings. The van der Waals surface area contributed by atoms with E-state index in [1.165, 1.54) is 18.2 Å². The maximum absolute atomic E-state index is 14.4. The number of nitrogens with two attached hydrogens (primary N) is 1. The number of aromatic nitrogens is 1. The average molecular weight is 373 g/mol. The number of carbonyl (C=O) groups excluding carboxylic acids is 2. The highest BCUT2D eigenvalue weighted by atomic mass is 19.1. The van der Waals surface area contributed by atoms with E-state index in [1.54, 1.807) is 0 Å². The fraction of sp³-hybridized carbons (Fsp3) is 0.278. The normalized spacial score (nSPS) is 18.5. The number of rotatable bonds is 4. The Balaban J connectivity index is 1.81. The molecule has 4 rings (SSSR count). The number of anilines is 1. The Hall–Kier alpha value is -3.20. The highest BCUT2D eigenvalue weighted by Crippen LogP contribution is 2.30. The lowest BCUT2D eigenvalue weighted by molar-refractivity contribution is 0.0665. The van der Waals surface area contributed by atoms with Gasteiger partial charge in [-0.25, -0.2) is 4.39 Å². The second-order valence-electron chi connectivity index (χ2n) is 6.31. The van der Waals surface area contributed by atoms with Crippen LogP contribution in [0.5, 0.6) is 5.75 Å². The van der Waals surface area contributed by atoms with E-state index in [-0.39, 0.29) is 41.1 Å². The summed E-state index contributed by atoms with van der Waals surface area (Å²) in [6.45, 7) is 0.741. The van der Waals surface area contributed by atoms with Gasteiger partial charge in [0.05, 0.1) is 22.9 Å². The fourth-order valence-electron chi connectivity index (χ4n) is 3.30. The van der Waals surface area contributed by atoms with E-state index in [9.17, 15) is 18.8 Å². The van der Waals surface area contributed by atoms with Crippen LogP contribution < -0.4 is 21.3 Å². The Morgan fingerprint density at radius 3 is 2.85 bits per heavy atom. The molecule has 8 nitrogen and oxygen atoms in total. The zero-order valence-electron chi connectivity index (χ0n) is 14.2. The first-order valence-electron chi connectivity index (χ1n) is 8.42. The molecule has 0 radical (unpaired) electrons. The van der Waals surface area contributed by atoms with Crippen molar-refractivity contribution in [1.29, 1.82) is 0 Å². The lowest BCUT2D eigenvalue weighted by Gasteiger charge is -2.18. The van der Waals surface area contributed by atoms with E-state index >= 15 is 0 Å². The smallest absolute Gasteiger partial charge is 0.262 e. The van der Waals surface area contributed by atoms with E-state index in [1.807, 2.05) is 0 Å². The van der Waals surface area contributed by atoms with Gasteiger partial charge in [-0.05, 0) is 25.0 Å². The summed E-state index contributed by atoms with van der Waals surface area (Å²) in [6.07, 6.45) is 1.54. The summed E-state index contributed by atoms with van der Waals surface area (Å²) in [5, 5.41) is 2.09. The molecule has 1 unspecified atom stereocenters. The van der Waals surface area contributed by atoms with E-state index < -0.39 is 23.2 Å². The van der Waals surface area contributed by atoms with Gasteiger partial charge in [0, 0.05) is 12.7 Å². The van der Waals surface area contributed by atoms with Crippen LogP contribution in [0, 0.1) is 5.82 Å². The number of carbonyl (C=O) groups is 2. The van der Waals surface area contributed by atoms with Gasteiger partial charge in [0.1, 0.15) is 12.4 Å². The number of hydrogen-bond acceptors (Lipinski definition) is 6. The number of halogens is 1. The lowest BCUT2D eigenvalue weighted by atomic mass is 10.1. The van der Waals surface area contributed by atoms with Gasteiger partial charge in [-0.2, -0.15) is 0 Å². The van der Waals surface area contributed by atoms with Gasteiger partial charge in [0.25, 0.3) is 17.4 Å². The first-order valence-corrected chi connectivity index (χ1v) is 8.42. The zero-order chi connectivity index (χ0) is 19.1. The summed E-state index contributed by atoms with van der Waals surface area (Å²) in [7, 11) is 0. The number of ether oxygens (including phenoxy) is 2. The van der Waals surface area contributed by atoms with Crippen LogP contribution in [0.4, 0.5) is 10.2 Å². The van der Waals surface area contributed by atoms with Gasteiger partial charge < -0.3 is 15.2 Å². The van der Waals surface area contributed by atoms with Crippen LogP contribution in [0.25, 0.3) is 5.69 Å². The number of amides is 2. The summed E-state index contributed by atoms with van der Waals surface area (Å²) in [4.78, 5) is 36.3. The third kappa shape index (κ3) is 2.85. The number of pyridine rings is 1. The molecule has 0 bridgehead atoms. The molecule has 1 aromatic heterocycles. The Morgan fingerprint density at radius 2 is 2.11 bits per heavy atom. The van der Waals surface area contributed by atoms with Crippen molar-refractivity contribution in [3.8, 4) is 11.4 Å². The van der Waals surface area contributed by atoms with Crippen molar-refractivity contribution in [3.05, 3.63) is 51.6 Å². The summed E-state index contributed by atoms with van der Waals surface area (Å²) in [5.41, 5.74) is 5.16. The zero-order valence-corrected chi connectivity index (χ0v) is 14.2. The van der Waals surface area contributed by atoms with Crippen molar-refractivity contribution in [2.24, 2.45) is 0 Å². The number of para-hydroxylation sites is 1. The quantitative estimate of drug-likeness (QED) is 0.773. The van der Waals surface area contributed by atoms with Crippen LogP contribution >= 0.6 is 0 Å². The van der Waals surface area contributed by atoms with Crippen molar-refractivity contribution in [1.82, 2.24) is 9.88 Å². The third-order valence-corrected chi connectivity index (χ3v) is 4.58. The predicted molar refractivity (Wildman–Crippen MR) is 92.7 cm³/mol. The Kier molecular flexibility index (Phi) is 4.15. The number of nitrogens with zero attached hydrogens (tertiary/aromatic N) is 1. The van der Waals surface area contributed by atoms with Gasteiger partial charge in [-0.3, -0.25) is 24.3 Å². The molecule has 0 saturated carbocycles. The van der Waals surface area contributed by atoms with Gasteiger partial charge in [-0.1, -0.05) is 6.07 Å². The molecule has 0 spiro atoms. The minimum atomic E-state index is -0.709. The second kappa shape index (κ2) is 6.51. The summed E-state index contributed by atoms with van der Waals surface area (Å²) >= 11 is 0. The number of fused-ring (bicyclic) bond motifs is 1. The molecule has 3 heterocycles. The summed E-state index contributed by atoms with van der Waals surface area (Å²) < 4.78 is 26.5. The van der Waals surface area contributed by atoms with E-state index in [2.05, 4.69) is 5.32 Å². The molecule has 0 aliphatic carbocycles. The van der Waals surface area contributed by atoms with Crippen molar-refractivity contribution < 1.29 is 23.5 Å². The molecule has 27 heavy (non-hydrogen) atoms. The molecule has 140 valence electrons. The second-order valence-corrected chi connectivity index (χ2v) is 6.31. The topological polar surface area (TPSA) is 113 Å². The number of nitrogens with one attached hydrogen (secondary N) is 1. The molecule has 1 saturated heterocycles. The van der Waals surface area contributed by atoms with Crippen LogP contribution in [0.15, 0.2) is 29.1 Å². The minimum Gasteiger partial charge on any atom is -0.486 e. The van der Waals surface area contributed by atoms with Crippen molar-refractivity contribution in [2.45, 2.75) is 18.9 Å². The van der Waals surface area contributed by atoms with Gasteiger partial charge in [0.15, 0.2) is 11.6 Å². The largest absolute Gasteiger partial charge is 0.486 e. The van der Waals surface area contributed by atoms with Crippen LogP contribution in [0.1, 0.15) is 33.6 Å². The number of hydrogen-bond donors (Lipinski definition) is 2. The predicted octanol–water partition coefficient (Wildman–Crippen LogP) is 1.00. The van der Waals surface area contributed by atoms with Crippen LogP contribution in [-0.2, 0) is 4.74 Å². The molecular weight excluding hydrogens is 357 g/mol. The molecule has 9 heteroatoms. The van der Waals surface area contributed by atoms with Crippen molar-refractivity contribution in [2.75, 3.05) is 18.9 Å². The molecule has 2 amide bonds. The first kappa shape index (κ1) is 17.2. The highest BCUT2D eigenvalue weighted by Gasteiger charge is 2.32. The lowest BCUT2D eigenvalue weighted by Crippen LogP contribution is -2.25. The van der Waals surface area contributed by atoms with Crippen LogP contribution in [0.3, 0.4) is 0 Å². The number of imide groups is 1. The first-order chi connectivity index (χ1) is 13.0. The number of benzene rings is 1. The Morgan fingerprint density at radius 1 is 1.30 bits per heavy atom. The maximum Gasteiger partial charge on any atom is 0.262 e. The summed E-state index contributed by atoms with van der Waals surface area (Å²) in [5.74, 6) is -2.52. The van der Waals surface area contributed by atoms with E-state index in [0.29, 0.717) is 6.61 Å².